The molecule has 4 heteroatoms. The van der Waals surface area contributed by atoms with Crippen molar-refractivity contribution in [2.75, 3.05) is 0 Å². The van der Waals surface area contributed by atoms with Crippen LogP contribution in [-0.2, 0) is 6.42 Å². The Balaban J connectivity index is 1.93. The minimum Gasteiger partial charge on any atom is -0.207 e. The fourth-order valence-electron chi connectivity index (χ4n) is 4.58. The summed E-state index contributed by atoms with van der Waals surface area (Å²) in [6.45, 7) is 2.12. The van der Waals surface area contributed by atoms with Crippen molar-refractivity contribution in [3.8, 4) is 0 Å². The van der Waals surface area contributed by atoms with Crippen molar-refractivity contribution in [2.24, 2.45) is 5.92 Å². The number of rotatable bonds is 3. The van der Waals surface area contributed by atoms with E-state index in [0.717, 1.165) is 47.6 Å². The summed E-state index contributed by atoms with van der Waals surface area (Å²) < 4.78 is 42.2. The second kappa shape index (κ2) is 7.20. The van der Waals surface area contributed by atoms with Gasteiger partial charge in [0.1, 0.15) is 22.5 Å². The number of fused-ring (bicyclic) bond motifs is 3. The van der Waals surface area contributed by atoms with Gasteiger partial charge in [0.05, 0.1) is 0 Å². The number of hydrogen-bond donors (Lipinski definition) is 0. The molecule has 1 aliphatic rings. The van der Waals surface area contributed by atoms with Gasteiger partial charge in [0.15, 0.2) is 0 Å². The zero-order valence-electron chi connectivity index (χ0n) is 15.0. The zero-order chi connectivity index (χ0) is 19.1. The molecule has 1 aliphatic carbocycles. The van der Waals surface area contributed by atoms with E-state index in [0.29, 0.717) is 5.56 Å². The zero-order valence-corrected chi connectivity index (χ0v) is 15.8. The molecule has 140 valence electrons. The van der Waals surface area contributed by atoms with Crippen molar-refractivity contribution in [3.63, 3.8) is 0 Å². The highest BCUT2D eigenvalue weighted by Gasteiger charge is 2.32. The van der Waals surface area contributed by atoms with Gasteiger partial charge in [-0.2, -0.15) is 0 Å². The van der Waals surface area contributed by atoms with Gasteiger partial charge in [0.2, 0.25) is 0 Å². The Morgan fingerprint density at radius 3 is 2.41 bits per heavy atom. The van der Waals surface area contributed by atoms with Crippen LogP contribution >= 0.6 is 11.6 Å². The minimum absolute atomic E-state index is 0.123. The molecule has 0 spiro atoms. The van der Waals surface area contributed by atoms with Crippen molar-refractivity contribution in [2.45, 2.75) is 38.5 Å². The van der Waals surface area contributed by atoms with E-state index in [1.165, 1.54) is 18.2 Å². The van der Waals surface area contributed by atoms with Gasteiger partial charge in [-0.05, 0) is 76.9 Å². The van der Waals surface area contributed by atoms with E-state index in [2.05, 4.69) is 6.92 Å². The summed E-state index contributed by atoms with van der Waals surface area (Å²) in [7, 11) is 0. The van der Waals surface area contributed by atoms with Gasteiger partial charge in [-0.1, -0.05) is 43.1 Å². The van der Waals surface area contributed by atoms with Crippen molar-refractivity contribution in [3.05, 3.63) is 81.6 Å². The van der Waals surface area contributed by atoms with Crippen LogP contribution in [0.25, 0.3) is 10.8 Å². The first kappa shape index (κ1) is 18.4. The minimum atomic E-state index is -0.735. The SMILES string of the molecule is CCCC1CCc2c(ccc3ccc(F)cc23)C1c1cc(F)c(Cl)c(F)c1. The van der Waals surface area contributed by atoms with Crippen LogP contribution in [0.1, 0.15) is 48.8 Å². The van der Waals surface area contributed by atoms with Gasteiger partial charge >= 0.3 is 0 Å². The third-order valence-electron chi connectivity index (χ3n) is 5.73. The summed E-state index contributed by atoms with van der Waals surface area (Å²) in [5, 5.41) is 1.40. The highest BCUT2D eigenvalue weighted by Crippen LogP contribution is 2.45. The van der Waals surface area contributed by atoms with E-state index in [1.807, 2.05) is 12.1 Å². The molecule has 0 aromatic heterocycles. The number of halogens is 4. The van der Waals surface area contributed by atoms with Crippen LogP contribution in [0.15, 0.2) is 42.5 Å². The van der Waals surface area contributed by atoms with Crippen LogP contribution in [0.3, 0.4) is 0 Å². The number of benzene rings is 3. The molecular weight excluding hydrogens is 369 g/mol. The molecular formula is C23H20ClF3. The lowest BCUT2D eigenvalue weighted by atomic mass is 9.69. The van der Waals surface area contributed by atoms with Gasteiger partial charge in [0, 0.05) is 5.92 Å². The molecule has 3 aromatic rings. The van der Waals surface area contributed by atoms with Crippen LogP contribution in [0.4, 0.5) is 13.2 Å². The van der Waals surface area contributed by atoms with Gasteiger partial charge in [0.25, 0.3) is 0 Å². The Kier molecular flexibility index (Phi) is 4.90. The van der Waals surface area contributed by atoms with E-state index in [9.17, 15) is 13.2 Å². The number of aryl methyl sites for hydroxylation is 1. The molecule has 3 aromatic carbocycles. The van der Waals surface area contributed by atoms with E-state index < -0.39 is 16.7 Å². The Labute approximate surface area is 162 Å². The maximum atomic E-state index is 14.2. The monoisotopic (exact) mass is 388 g/mol. The second-order valence-corrected chi connectivity index (χ2v) is 7.74. The van der Waals surface area contributed by atoms with Gasteiger partial charge < -0.3 is 0 Å². The Morgan fingerprint density at radius 2 is 1.70 bits per heavy atom. The van der Waals surface area contributed by atoms with E-state index in [1.54, 1.807) is 12.1 Å². The lowest BCUT2D eigenvalue weighted by Crippen LogP contribution is -2.22. The summed E-state index contributed by atoms with van der Waals surface area (Å²) in [5.41, 5.74) is 2.73. The lowest BCUT2D eigenvalue weighted by molar-refractivity contribution is 0.378. The summed E-state index contributed by atoms with van der Waals surface area (Å²) in [6.07, 6.45) is 3.72. The largest absolute Gasteiger partial charge is 0.207 e. The van der Waals surface area contributed by atoms with E-state index in [-0.39, 0.29) is 17.7 Å². The van der Waals surface area contributed by atoms with Crippen LogP contribution in [0, 0.1) is 23.4 Å². The van der Waals surface area contributed by atoms with Crippen LogP contribution in [-0.4, -0.2) is 0 Å². The first-order valence-corrected chi connectivity index (χ1v) is 9.73. The summed E-state index contributed by atoms with van der Waals surface area (Å²) in [6, 6.07) is 11.5. The van der Waals surface area contributed by atoms with Crippen molar-refractivity contribution in [1.82, 2.24) is 0 Å². The molecule has 0 heterocycles. The summed E-state index contributed by atoms with van der Waals surface area (Å²) >= 11 is 5.69. The third kappa shape index (κ3) is 3.23. The Hall–Kier alpha value is -2.00. The van der Waals surface area contributed by atoms with Gasteiger partial charge in [-0.3, -0.25) is 0 Å². The Morgan fingerprint density at radius 1 is 1.00 bits per heavy atom. The quantitative estimate of drug-likeness (QED) is 0.410. The predicted octanol–water partition coefficient (Wildman–Crippen LogP) is 7.40. The summed E-state index contributed by atoms with van der Waals surface area (Å²) in [5.74, 6) is -1.58. The predicted molar refractivity (Wildman–Crippen MR) is 104 cm³/mol. The van der Waals surface area contributed by atoms with E-state index >= 15 is 0 Å². The summed E-state index contributed by atoms with van der Waals surface area (Å²) in [4.78, 5) is 0. The maximum Gasteiger partial charge on any atom is 0.145 e. The second-order valence-electron chi connectivity index (χ2n) is 7.36. The van der Waals surface area contributed by atoms with Crippen molar-refractivity contribution in [1.29, 1.82) is 0 Å². The third-order valence-corrected chi connectivity index (χ3v) is 6.09. The average molecular weight is 389 g/mol. The first-order valence-electron chi connectivity index (χ1n) is 9.35. The Bertz CT molecular complexity index is 989. The average Bonchev–Trinajstić information content (AvgIpc) is 2.65. The highest BCUT2D eigenvalue weighted by atomic mass is 35.5. The number of hydrogen-bond acceptors (Lipinski definition) is 0. The fourth-order valence-corrected chi connectivity index (χ4v) is 4.69. The normalized spacial score (nSPS) is 19.3. The molecule has 0 aliphatic heterocycles. The van der Waals surface area contributed by atoms with Crippen LogP contribution in [0.5, 0.6) is 0 Å². The molecule has 0 bridgehead atoms. The molecule has 27 heavy (non-hydrogen) atoms. The van der Waals surface area contributed by atoms with Gasteiger partial charge in [-0.25, -0.2) is 13.2 Å². The molecule has 4 rings (SSSR count). The van der Waals surface area contributed by atoms with Crippen LogP contribution < -0.4 is 0 Å². The molecule has 0 radical (unpaired) electrons. The molecule has 0 amide bonds. The maximum absolute atomic E-state index is 14.2. The smallest absolute Gasteiger partial charge is 0.145 e. The highest BCUT2D eigenvalue weighted by molar-refractivity contribution is 6.30. The van der Waals surface area contributed by atoms with Crippen molar-refractivity contribution >= 4 is 22.4 Å². The molecule has 0 saturated carbocycles. The molecule has 0 N–H and O–H groups in total. The van der Waals surface area contributed by atoms with Crippen molar-refractivity contribution < 1.29 is 13.2 Å². The van der Waals surface area contributed by atoms with Gasteiger partial charge in [-0.15, -0.1) is 0 Å². The first-order chi connectivity index (χ1) is 13.0. The van der Waals surface area contributed by atoms with E-state index in [4.69, 9.17) is 11.6 Å². The molecule has 0 nitrogen and oxygen atoms in total. The van der Waals surface area contributed by atoms with Crippen LogP contribution in [0.2, 0.25) is 5.02 Å². The fraction of sp³-hybridized carbons (Fsp3) is 0.304. The molecule has 2 unspecified atom stereocenters. The topological polar surface area (TPSA) is 0 Å². The molecule has 0 saturated heterocycles. The lowest BCUT2D eigenvalue weighted by Gasteiger charge is -2.35. The molecule has 2 atom stereocenters. The standard InChI is InChI=1S/C23H20ClF3/c1-2-3-14-6-8-17-18(9-5-13-4-7-16(25)12-19(13)17)22(14)15-10-20(26)23(24)21(27)11-15/h4-5,7,9-12,14,22H,2-3,6,8H2,1H3. The molecule has 0 fully saturated rings.